The van der Waals surface area contributed by atoms with Gasteiger partial charge in [0.05, 0.1) is 45.3 Å². The minimum atomic E-state index is -4.06. The lowest BCUT2D eigenvalue weighted by Gasteiger charge is -2.14. The number of anilines is 2. The summed E-state index contributed by atoms with van der Waals surface area (Å²) in [5, 5.41) is 9.00. The fourth-order valence-corrected chi connectivity index (χ4v) is 5.10. The fourth-order valence-electron chi connectivity index (χ4n) is 4.03. The highest BCUT2D eigenvalue weighted by Gasteiger charge is 2.39. The number of carbonyl (C=O) groups excluding carboxylic acids is 2. The molecule has 3 aromatic rings. The minimum Gasteiger partial charge on any atom is -0.465 e. The van der Waals surface area contributed by atoms with Gasteiger partial charge in [0.15, 0.2) is 0 Å². The highest BCUT2D eigenvalue weighted by molar-refractivity contribution is 7.92. The van der Waals surface area contributed by atoms with Crippen molar-refractivity contribution >= 4 is 39.0 Å². The Hall–Kier alpha value is -4.68. The molecule has 0 aliphatic carbocycles. The van der Waals surface area contributed by atoms with Crippen LogP contribution >= 0.6 is 0 Å². The molecule has 5 rings (SSSR count). The van der Waals surface area contributed by atoms with E-state index in [2.05, 4.69) is 4.72 Å². The molecule has 0 saturated carbocycles. The van der Waals surface area contributed by atoms with Crippen molar-refractivity contribution in [2.24, 2.45) is 0 Å². The molecular formula is C27H19N3O5S. The number of nitriles is 1. The number of hydrogen-bond donors (Lipinski definition) is 1. The number of fused-ring (bicyclic) bond motifs is 1. The van der Waals surface area contributed by atoms with E-state index in [9.17, 15) is 18.0 Å². The average Bonchev–Trinajstić information content (AvgIpc) is 3.05. The largest absolute Gasteiger partial charge is 0.465 e. The molecule has 0 fully saturated rings. The van der Waals surface area contributed by atoms with Gasteiger partial charge in [-0.25, -0.2) is 13.3 Å². The van der Waals surface area contributed by atoms with Gasteiger partial charge in [-0.3, -0.25) is 14.3 Å². The molecule has 0 unspecified atom stereocenters. The van der Waals surface area contributed by atoms with Crippen LogP contribution < -0.4 is 9.62 Å². The quantitative estimate of drug-likeness (QED) is 0.505. The van der Waals surface area contributed by atoms with Crippen LogP contribution in [0.5, 0.6) is 0 Å². The molecule has 0 bridgehead atoms. The summed E-state index contributed by atoms with van der Waals surface area (Å²) in [6, 6.07) is 18.6. The predicted octanol–water partition coefficient (Wildman–Crippen LogP) is 4.82. The number of carbonyl (C=O) groups is 2. The Kier molecular flexibility index (Phi) is 5.88. The van der Waals surface area contributed by atoms with Crippen molar-refractivity contribution in [3.63, 3.8) is 0 Å². The van der Waals surface area contributed by atoms with Crippen LogP contribution in [0.15, 0.2) is 90.0 Å². The van der Waals surface area contributed by atoms with Crippen molar-refractivity contribution in [1.82, 2.24) is 0 Å². The number of benzene rings is 3. The van der Waals surface area contributed by atoms with Crippen LogP contribution in [-0.2, 0) is 14.8 Å². The van der Waals surface area contributed by atoms with Gasteiger partial charge in [0, 0.05) is 5.56 Å². The molecule has 2 heterocycles. The van der Waals surface area contributed by atoms with E-state index < -0.39 is 21.8 Å². The van der Waals surface area contributed by atoms with Gasteiger partial charge in [-0.2, -0.15) is 5.26 Å². The summed E-state index contributed by atoms with van der Waals surface area (Å²) >= 11 is 0. The maximum absolute atomic E-state index is 13.2. The topological polar surface area (TPSA) is 117 Å². The summed E-state index contributed by atoms with van der Waals surface area (Å²) in [6.45, 7) is 0. The first-order valence-electron chi connectivity index (χ1n) is 11.1. The standard InChI is InChI=1S/C27H19N3O5S/c28-17-18-8-12-20(13-9-18)30-26(31)22-5-4-6-23(25(22)27(30)32)29-36(33,34)21-14-10-19(11-15-21)24-7-2-1-3-16-35-24/h3-16,29H,1-2H2. The molecule has 36 heavy (non-hydrogen) atoms. The number of nitrogens with zero attached hydrogens (tertiary/aromatic N) is 2. The zero-order chi connectivity index (χ0) is 25.3. The van der Waals surface area contributed by atoms with E-state index in [1.54, 1.807) is 18.4 Å². The summed E-state index contributed by atoms with van der Waals surface area (Å²) < 4.78 is 34.3. The van der Waals surface area contributed by atoms with E-state index in [4.69, 9.17) is 10.00 Å². The first-order chi connectivity index (χ1) is 17.4. The lowest BCUT2D eigenvalue weighted by Crippen LogP contribution is -2.29. The van der Waals surface area contributed by atoms with Crippen LogP contribution in [0, 0.1) is 11.3 Å². The van der Waals surface area contributed by atoms with E-state index >= 15 is 0 Å². The molecular weight excluding hydrogens is 478 g/mol. The summed E-state index contributed by atoms with van der Waals surface area (Å²) in [5.41, 5.74) is 1.47. The second-order valence-corrected chi connectivity index (χ2v) is 9.78. The smallest absolute Gasteiger partial charge is 0.268 e. The van der Waals surface area contributed by atoms with Crippen LogP contribution in [-0.4, -0.2) is 20.2 Å². The van der Waals surface area contributed by atoms with Gasteiger partial charge >= 0.3 is 0 Å². The average molecular weight is 498 g/mol. The van der Waals surface area contributed by atoms with Gasteiger partial charge in [0.2, 0.25) is 0 Å². The third kappa shape index (κ3) is 4.15. The molecule has 0 atom stereocenters. The zero-order valence-electron chi connectivity index (χ0n) is 18.8. The third-order valence-corrected chi connectivity index (χ3v) is 7.20. The Balaban J connectivity index is 1.43. The van der Waals surface area contributed by atoms with Crippen molar-refractivity contribution in [2.45, 2.75) is 17.7 Å². The number of allylic oxidation sites excluding steroid dienone is 2. The van der Waals surface area contributed by atoms with E-state index in [-0.39, 0.29) is 27.4 Å². The number of amides is 2. The summed E-state index contributed by atoms with van der Waals surface area (Å²) in [7, 11) is -4.06. The zero-order valence-corrected chi connectivity index (χ0v) is 19.7. The molecule has 0 saturated heterocycles. The van der Waals surface area contributed by atoms with Gasteiger partial charge in [0.25, 0.3) is 21.8 Å². The Bertz CT molecular complexity index is 1580. The van der Waals surface area contributed by atoms with Crippen molar-refractivity contribution in [2.75, 3.05) is 9.62 Å². The van der Waals surface area contributed by atoms with Crippen molar-refractivity contribution in [3.05, 3.63) is 107 Å². The lowest BCUT2D eigenvalue weighted by atomic mass is 10.1. The number of sulfonamides is 1. The van der Waals surface area contributed by atoms with Crippen LogP contribution in [0.1, 0.15) is 44.7 Å². The number of nitrogens with one attached hydrogen (secondary N) is 1. The van der Waals surface area contributed by atoms with Crippen LogP contribution in [0.25, 0.3) is 5.76 Å². The van der Waals surface area contributed by atoms with Crippen LogP contribution in [0.3, 0.4) is 0 Å². The SMILES string of the molecule is N#Cc1ccc(N2C(=O)c3cccc(NS(=O)(=O)c4ccc(C5=CCCC=CO5)cc4)c3C2=O)cc1. The molecule has 1 N–H and O–H groups in total. The lowest BCUT2D eigenvalue weighted by molar-refractivity contribution is 0.0926. The van der Waals surface area contributed by atoms with Crippen molar-refractivity contribution in [3.8, 4) is 6.07 Å². The molecule has 0 radical (unpaired) electrons. The number of hydrogen-bond acceptors (Lipinski definition) is 6. The van der Waals surface area contributed by atoms with E-state index in [0.717, 1.165) is 23.3 Å². The van der Waals surface area contributed by atoms with E-state index in [0.29, 0.717) is 11.3 Å². The maximum atomic E-state index is 13.2. The highest BCUT2D eigenvalue weighted by atomic mass is 32.2. The summed E-state index contributed by atoms with van der Waals surface area (Å²) in [5.74, 6) is -0.580. The number of imide groups is 1. The molecule has 8 nitrogen and oxygen atoms in total. The number of rotatable bonds is 5. The monoisotopic (exact) mass is 497 g/mol. The summed E-state index contributed by atoms with van der Waals surface area (Å²) in [6.07, 6.45) is 7.15. The van der Waals surface area contributed by atoms with Gasteiger partial charge in [-0.05, 0) is 85.7 Å². The molecule has 2 amide bonds. The van der Waals surface area contributed by atoms with E-state index in [1.165, 1.54) is 54.6 Å². The summed E-state index contributed by atoms with van der Waals surface area (Å²) in [4.78, 5) is 27.2. The maximum Gasteiger partial charge on any atom is 0.268 e. The van der Waals surface area contributed by atoms with Crippen LogP contribution in [0.2, 0.25) is 0 Å². The first-order valence-corrected chi connectivity index (χ1v) is 12.5. The molecule has 2 aliphatic heterocycles. The molecule has 9 heteroatoms. The van der Waals surface area contributed by atoms with Gasteiger partial charge in [0.1, 0.15) is 5.76 Å². The second kappa shape index (κ2) is 9.17. The van der Waals surface area contributed by atoms with Gasteiger partial charge < -0.3 is 4.74 Å². The van der Waals surface area contributed by atoms with Crippen molar-refractivity contribution in [1.29, 1.82) is 5.26 Å². The molecule has 2 aliphatic rings. The van der Waals surface area contributed by atoms with Crippen LogP contribution in [0.4, 0.5) is 11.4 Å². The number of ether oxygens (including phenoxy) is 1. The van der Waals surface area contributed by atoms with Gasteiger partial charge in [-0.15, -0.1) is 0 Å². The van der Waals surface area contributed by atoms with Crippen molar-refractivity contribution < 1.29 is 22.7 Å². The Morgan fingerprint density at radius 1 is 0.917 bits per heavy atom. The Labute approximate surface area is 207 Å². The second-order valence-electron chi connectivity index (χ2n) is 8.10. The fraction of sp³-hybridized carbons (Fsp3) is 0.0741. The third-order valence-electron chi connectivity index (χ3n) is 5.82. The molecule has 3 aromatic carbocycles. The van der Waals surface area contributed by atoms with Gasteiger partial charge in [-0.1, -0.05) is 6.07 Å². The minimum absolute atomic E-state index is 0.00524. The van der Waals surface area contributed by atoms with E-state index in [1.807, 2.05) is 18.2 Å². The molecule has 0 spiro atoms. The Morgan fingerprint density at radius 2 is 1.67 bits per heavy atom. The normalized spacial score (nSPS) is 15.0. The predicted molar refractivity (Wildman–Crippen MR) is 133 cm³/mol. The first kappa shape index (κ1) is 23.1. The molecule has 178 valence electrons. The highest BCUT2D eigenvalue weighted by Crippen LogP contribution is 2.34. The molecule has 0 aromatic heterocycles. The Morgan fingerprint density at radius 3 is 2.39 bits per heavy atom.